The lowest BCUT2D eigenvalue weighted by atomic mass is 9.84. The maximum absolute atomic E-state index is 11.1. The lowest BCUT2D eigenvalue weighted by Gasteiger charge is -2.22. The van der Waals surface area contributed by atoms with Crippen LogP contribution in [0.2, 0.25) is 0 Å². The normalized spacial score (nSPS) is 22.1. The number of hydrogen-bond donors (Lipinski definition) is 2. The van der Waals surface area contributed by atoms with Crippen molar-refractivity contribution in [2.45, 2.75) is 27.2 Å². The van der Waals surface area contributed by atoms with Crippen LogP contribution in [0, 0.1) is 17.8 Å². The topological polar surface area (TPSA) is 74.6 Å². The summed E-state index contributed by atoms with van der Waals surface area (Å²) in [4.78, 5) is 0.132. The van der Waals surface area contributed by atoms with Crippen molar-refractivity contribution in [2.75, 3.05) is 0 Å². The molecule has 1 aliphatic carbocycles. The zero-order chi connectivity index (χ0) is 13.2. The van der Waals surface area contributed by atoms with Crippen molar-refractivity contribution >= 4 is 15.2 Å². The van der Waals surface area contributed by atoms with Crippen molar-refractivity contribution in [2.24, 2.45) is 17.8 Å². The molecule has 0 spiro atoms. The van der Waals surface area contributed by atoms with Gasteiger partial charge in [0.1, 0.15) is 0 Å². The van der Waals surface area contributed by atoms with Gasteiger partial charge in [-0.2, -0.15) is 8.42 Å². The summed E-state index contributed by atoms with van der Waals surface area (Å²) >= 11 is 0. The summed E-state index contributed by atoms with van der Waals surface area (Å²) in [6.07, 6.45) is 3.16. The van der Waals surface area contributed by atoms with Gasteiger partial charge in [-0.25, -0.2) is 0 Å². The average molecular weight is 258 g/mol. The van der Waals surface area contributed by atoms with E-state index in [0.717, 1.165) is 6.08 Å². The summed E-state index contributed by atoms with van der Waals surface area (Å²) in [6, 6.07) is 0. The molecule has 0 aliphatic heterocycles. The minimum atomic E-state index is -2.37. The van der Waals surface area contributed by atoms with E-state index in [9.17, 15) is 18.6 Å². The van der Waals surface area contributed by atoms with Crippen LogP contribution in [0.1, 0.15) is 27.2 Å². The Morgan fingerprint density at radius 3 is 2.29 bits per heavy atom. The third-order valence-electron chi connectivity index (χ3n) is 3.22. The molecule has 0 saturated heterocycles. The molecule has 4 nitrogen and oxygen atoms in total. The van der Waals surface area contributed by atoms with Crippen molar-refractivity contribution in [3.05, 3.63) is 23.7 Å². The minimum Gasteiger partial charge on any atom is -0.504 e. The van der Waals surface area contributed by atoms with E-state index in [-0.39, 0.29) is 16.5 Å². The lowest BCUT2D eigenvalue weighted by Crippen LogP contribution is -2.21. The highest BCUT2D eigenvalue weighted by Crippen LogP contribution is 2.26. The Balaban J connectivity index is 3.03. The zero-order valence-corrected chi connectivity index (χ0v) is 11.0. The van der Waals surface area contributed by atoms with E-state index in [1.165, 1.54) is 6.08 Å². The predicted octanol–water partition coefficient (Wildman–Crippen LogP) is 2.23. The monoisotopic (exact) mass is 258 g/mol. The van der Waals surface area contributed by atoms with Gasteiger partial charge in [0.05, 0.1) is 4.86 Å². The molecule has 5 heteroatoms. The maximum atomic E-state index is 11.1. The number of allylic oxidation sites excluding steroid dienone is 2. The Labute approximate surface area is 103 Å². The van der Waals surface area contributed by atoms with Crippen LogP contribution in [0.4, 0.5) is 0 Å². The molecule has 0 aromatic rings. The summed E-state index contributed by atoms with van der Waals surface area (Å²) in [5, 5.41) is 18.7. The molecule has 2 unspecified atom stereocenters. The molecule has 0 saturated carbocycles. The lowest BCUT2D eigenvalue weighted by molar-refractivity contribution is 0.316. The van der Waals surface area contributed by atoms with Gasteiger partial charge >= 0.3 is 0 Å². The summed E-state index contributed by atoms with van der Waals surface area (Å²) in [5.41, 5.74) is 0. The molecule has 17 heavy (non-hydrogen) atoms. The van der Waals surface area contributed by atoms with Crippen molar-refractivity contribution in [1.29, 1.82) is 0 Å². The Morgan fingerprint density at radius 2 is 1.82 bits per heavy atom. The Kier molecular flexibility index (Phi) is 4.40. The first kappa shape index (κ1) is 13.8. The highest BCUT2D eigenvalue weighted by Gasteiger charge is 2.24. The zero-order valence-electron chi connectivity index (χ0n) is 10.2. The third-order valence-corrected chi connectivity index (χ3v) is 4.03. The standard InChI is InChI=1S/C12H18O4S/c1-7(2)8(3)4-9-5-10(13)11(14)6-12(9)17(15)16/h5-9,13-14H,4H2,1-3H3. The van der Waals surface area contributed by atoms with E-state index in [1.807, 2.05) is 6.92 Å². The molecule has 2 atom stereocenters. The molecule has 96 valence electrons. The van der Waals surface area contributed by atoms with E-state index in [4.69, 9.17) is 0 Å². The van der Waals surface area contributed by atoms with E-state index in [0.29, 0.717) is 18.3 Å². The second kappa shape index (κ2) is 5.40. The van der Waals surface area contributed by atoms with E-state index in [2.05, 4.69) is 13.8 Å². The van der Waals surface area contributed by atoms with Crippen LogP contribution in [-0.2, 0) is 10.3 Å². The molecule has 1 aliphatic rings. The van der Waals surface area contributed by atoms with Gasteiger partial charge in [-0.15, -0.1) is 0 Å². The van der Waals surface area contributed by atoms with Gasteiger partial charge in [0, 0.05) is 12.0 Å². The first-order valence-corrected chi connectivity index (χ1v) is 6.68. The van der Waals surface area contributed by atoms with E-state index in [1.54, 1.807) is 0 Å². The maximum Gasteiger partial charge on any atom is 0.218 e. The largest absolute Gasteiger partial charge is 0.504 e. The molecule has 0 aromatic heterocycles. The van der Waals surface area contributed by atoms with Crippen LogP contribution in [-0.4, -0.2) is 23.5 Å². The fourth-order valence-electron chi connectivity index (χ4n) is 1.70. The summed E-state index contributed by atoms with van der Waals surface area (Å²) < 4.78 is 22.1. The van der Waals surface area contributed by atoms with Crippen LogP contribution in [0.15, 0.2) is 23.7 Å². The summed E-state index contributed by atoms with van der Waals surface area (Å²) in [6.45, 7) is 6.18. The predicted molar refractivity (Wildman–Crippen MR) is 67.5 cm³/mol. The summed E-state index contributed by atoms with van der Waals surface area (Å²) in [5.74, 6) is -0.234. The van der Waals surface area contributed by atoms with Gasteiger partial charge in [-0.1, -0.05) is 20.8 Å². The molecule has 0 heterocycles. The Morgan fingerprint density at radius 1 is 1.24 bits per heavy atom. The first-order valence-electron chi connectivity index (χ1n) is 5.60. The van der Waals surface area contributed by atoms with Crippen molar-refractivity contribution in [3.63, 3.8) is 0 Å². The fourth-order valence-corrected chi connectivity index (χ4v) is 2.32. The average Bonchev–Trinajstić information content (AvgIpc) is 2.22. The van der Waals surface area contributed by atoms with Crippen LogP contribution in [0.5, 0.6) is 0 Å². The number of hydrogen-bond acceptors (Lipinski definition) is 4. The van der Waals surface area contributed by atoms with Crippen molar-refractivity contribution < 1.29 is 18.6 Å². The van der Waals surface area contributed by atoms with Crippen LogP contribution >= 0.6 is 0 Å². The van der Waals surface area contributed by atoms with Gasteiger partial charge in [0.25, 0.3) is 0 Å². The van der Waals surface area contributed by atoms with Gasteiger partial charge in [0.15, 0.2) is 11.5 Å². The Bertz CT molecular complexity index is 475. The molecule has 0 fully saturated rings. The number of aliphatic hydroxyl groups excluding tert-OH is 2. The van der Waals surface area contributed by atoms with Gasteiger partial charge in [-0.05, 0) is 24.3 Å². The molecule has 1 rings (SSSR count). The van der Waals surface area contributed by atoms with Crippen LogP contribution in [0.3, 0.4) is 0 Å². The molecule has 0 amide bonds. The molecule has 0 bridgehead atoms. The highest BCUT2D eigenvalue weighted by molar-refractivity contribution is 7.73. The molecule has 0 aromatic carbocycles. The fraction of sp³-hybridized carbons (Fsp3) is 0.583. The van der Waals surface area contributed by atoms with E-state index < -0.39 is 16.1 Å². The van der Waals surface area contributed by atoms with Gasteiger partial charge in [0.2, 0.25) is 10.3 Å². The molecule has 2 N–H and O–H groups in total. The van der Waals surface area contributed by atoms with E-state index >= 15 is 0 Å². The number of aliphatic hydroxyl groups is 2. The van der Waals surface area contributed by atoms with Crippen LogP contribution < -0.4 is 0 Å². The summed E-state index contributed by atoms with van der Waals surface area (Å²) in [7, 11) is -2.37. The second-order valence-corrected chi connectivity index (χ2v) is 5.72. The molecular weight excluding hydrogens is 240 g/mol. The minimum absolute atomic E-state index is 0.132. The van der Waals surface area contributed by atoms with Crippen LogP contribution in [0.25, 0.3) is 0 Å². The van der Waals surface area contributed by atoms with Gasteiger partial charge in [-0.3, -0.25) is 0 Å². The SMILES string of the molecule is CC(C)C(C)CC1C=C(O)C(O)=CC1=S(=O)=O. The Hall–Kier alpha value is -1.23. The number of rotatable bonds is 3. The highest BCUT2D eigenvalue weighted by atomic mass is 32.2. The second-order valence-electron chi connectivity index (χ2n) is 4.78. The molecule has 0 radical (unpaired) electrons. The third kappa shape index (κ3) is 3.36. The van der Waals surface area contributed by atoms with Gasteiger partial charge < -0.3 is 10.2 Å². The quantitative estimate of drug-likeness (QED) is 0.761. The smallest absolute Gasteiger partial charge is 0.218 e. The molecular formula is C12H18O4S. The van der Waals surface area contributed by atoms with Crippen molar-refractivity contribution in [1.82, 2.24) is 0 Å². The van der Waals surface area contributed by atoms with Crippen molar-refractivity contribution in [3.8, 4) is 0 Å². The first-order chi connectivity index (χ1) is 7.82.